The molecule has 22 heavy (non-hydrogen) atoms. The number of halogens is 3. The van der Waals surface area contributed by atoms with E-state index in [1.165, 1.54) is 16.2 Å². The Balaban J connectivity index is 1.99. The summed E-state index contributed by atoms with van der Waals surface area (Å²) in [5.41, 5.74) is 0. The zero-order valence-corrected chi connectivity index (χ0v) is 12.4. The average molecular weight is 334 g/mol. The number of nitrogens with zero attached hydrogens (tertiary/aromatic N) is 3. The first kappa shape index (κ1) is 16.4. The molecule has 1 N–H and O–H groups in total. The van der Waals surface area contributed by atoms with Crippen molar-refractivity contribution in [2.45, 2.75) is 32.0 Å². The predicted molar refractivity (Wildman–Crippen MR) is 73.2 cm³/mol. The Morgan fingerprint density at radius 1 is 1.41 bits per heavy atom. The van der Waals surface area contributed by atoms with Crippen LogP contribution in [-0.2, 0) is 9.59 Å². The van der Waals surface area contributed by atoms with E-state index in [1.54, 1.807) is 6.92 Å². The van der Waals surface area contributed by atoms with E-state index in [0.29, 0.717) is 35.6 Å². The topological polar surface area (TPSA) is 75.2 Å². The Bertz CT molecular complexity index is 599. The van der Waals surface area contributed by atoms with Gasteiger partial charge in [-0.25, -0.2) is 0 Å². The second kappa shape index (κ2) is 6.42. The van der Waals surface area contributed by atoms with E-state index in [4.69, 9.17) is 0 Å². The molecular formula is C12H13F3N4O2S. The number of carbonyl (C=O) groups excluding carboxylic acids is 2. The van der Waals surface area contributed by atoms with Gasteiger partial charge in [-0.1, -0.05) is 11.3 Å². The molecule has 1 aliphatic rings. The number of aryl methyl sites for hydroxylation is 1. The summed E-state index contributed by atoms with van der Waals surface area (Å²) < 4.78 is 36.5. The Morgan fingerprint density at radius 2 is 2.14 bits per heavy atom. The van der Waals surface area contributed by atoms with E-state index in [0.717, 1.165) is 6.20 Å². The number of hydrogen-bond donors (Lipinski definition) is 1. The van der Waals surface area contributed by atoms with Crippen LogP contribution in [0.2, 0.25) is 0 Å². The first-order chi connectivity index (χ1) is 10.3. The van der Waals surface area contributed by atoms with Gasteiger partial charge in [0.05, 0.1) is 0 Å². The molecule has 2 rings (SSSR count). The van der Waals surface area contributed by atoms with Crippen molar-refractivity contribution in [2.24, 2.45) is 0 Å². The van der Waals surface area contributed by atoms with Crippen LogP contribution in [-0.4, -0.2) is 45.6 Å². The first-order valence-electron chi connectivity index (χ1n) is 6.43. The van der Waals surface area contributed by atoms with Gasteiger partial charge in [0.15, 0.2) is 0 Å². The van der Waals surface area contributed by atoms with Gasteiger partial charge in [-0.2, -0.15) is 13.2 Å². The lowest BCUT2D eigenvalue weighted by atomic mass is 10.2. The predicted octanol–water partition coefficient (Wildman–Crippen LogP) is 1.89. The lowest BCUT2D eigenvalue weighted by molar-refractivity contribution is -0.165. The monoisotopic (exact) mass is 334 g/mol. The fraction of sp³-hybridized carbons (Fsp3) is 0.500. The number of likely N-dealkylation sites (tertiary alicyclic amines) is 1. The van der Waals surface area contributed by atoms with Crippen molar-refractivity contribution in [3.8, 4) is 0 Å². The quantitative estimate of drug-likeness (QED) is 0.851. The molecule has 1 atom stereocenters. The van der Waals surface area contributed by atoms with Gasteiger partial charge in [0.25, 0.3) is 5.78 Å². The normalized spacial score (nSPS) is 18.9. The lowest BCUT2D eigenvalue weighted by Crippen LogP contribution is -2.36. The van der Waals surface area contributed by atoms with Crippen LogP contribution in [0.15, 0.2) is 12.3 Å². The van der Waals surface area contributed by atoms with Gasteiger partial charge >= 0.3 is 6.18 Å². The van der Waals surface area contributed by atoms with Crippen molar-refractivity contribution in [2.75, 3.05) is 11.9 Å². The smallest absolute Gasteiger partial charge is 0.365 e. The largest absolute Gasteiger partial charge is 0.454 e. The molecule has 6 nitrogen and oxygen atoms in total. The van der Waals surface area contributed by atoms with E-state index in [9.17, 15) is 22.8 Å². The van der Waals surface area contributed by atoms with Crippen molar-refractivity contribution >= 4 is 28.2 Å². The molecule has 1 fully saturated rings. The van der Waals surface area contributed by atoms with Gasteiger partial charge in [-0.3, -0.25) is 14.9 Å². The van der Waals surface area contributed by atoms with Crippen molar-refractivity contribution in [3.63, 3.8) is 0 Å². The van der Waals surface area contributed by atoms with Gasteiger partial charge in [-0.05, 0) is 19.8 Å². The Kier molecular flexibility index (Phi) is 4.79. The van der Waals surface area contributed by atoms with Crippen LogP contribution in [0.25, 0.3) is 0 Å². The third-order valence-corrected chi connectivity index (χ3v) is 3.80. The number of carbonyl (C=O) groups is 2. The summed E-state index contributed by atoms with van der Waals surface area (Å²) in [6.07, 6.45) is -2.29. The summed E-state index contributed by atoms with van der Waals surface area (Å²) in [5.74, 6) is -2.32. The highest BCUT2D eigenvalue weighted by Gasteiger charge is 2.37. The molecule has 0 spiro atoms. The fourth-order valence-electron chi connectivity index (χ4n) is 2.04. The molecule has 0 saturated carbocycles. The average Bonchev–Trinajstić information content (AvgIpc) is 3.03. The molecule has 1 aromatic rings. The fourth-order valence-corrected chi connectivity index (χ4v) is 2.64. The number of amides is 1. The minimum Gasteiger partial charge on any atom is -0.365 e. The highest BCUT2D eigenvalue weighted by molar-refractivity contribution is 7.15. The van der Waals surface area contributed by atoms with E-state index >= 15 is 0 Å². The van der Waals surface area contributed by atoms with E-state index in [2.05, 4.69) is 15.5 Å². The summed E-state index contributed by atoms with van der Waals surface area (Å²) in [6.45, 7) is 2.15. The summed E-state index contributed by atoms with van der Waals surface area (Å²) in [7, 11) is 0. The molecule has 1 aromatic heterocycles. The Morgan fingerprint density at radius 3 is 2.73 bits per heavy atom. The highest BCUT2D eigenvalue weighted by Crippen LogP contribution is 2.22. The molecule has 1 saturated heterocycles. The Labute approximate surface area is 128 Å². The van der Waals surface area contributed by atoms with Crippen molar-refractivity contribution < 1.29 is 22.8 Å². The molecule has 0 bridgehead atoms. The molecule has 1 amide bonds. The number of rotatable bonds is 4. The maximum atomic E-state index is 12.2. The summed E-state index contributed by atoms with van der Waals surface area (Å²) in [4.78, 5) is 24.4. The lowest BCUT2D eigenvalue weighted by Gasteiger charge is -2.21. The second-order valence-electron chi connectivity index (χ2n) is 4.69. The maximum absolute atomic E-state index is 12.2. The van der Waals surface area contributed by atoms with Crippen LogP contribution < -0.4 is 5.32 Å². The van der Waals surface area contributed by atoms with Gasteiger partial charge in [0.2, 0.25) is 11.0 Å². The van der Waals surface area contributed by atoms with Gasteiger partial charge in [0, 0.05) is 18.8 Å². The molecule has 120 valence electrons. The molecule has 1 aliphatic heterocycles. The number of alkyl halides is 3. The minimum absolute atomic E-state index is 0.338. The van der Waals surface area contributed by atoms with Gasteiger partial charge < -0.3 is 4.90 Å². The number of nitrogens with one attached hydrogen (secondary N) is 1. The van der Waals surface area contributed by atoms with E-state index in [-0.39, 0.29) is 5.91 Å². The molecular weight excluding hydrogens is 321 g/mol. The number of hydrogen-bond acceptors (Lipinski definition) is 6. The minimum atomic E-state index is -4.90. The van der Waals surface area contributed by atoms with E-state index in [1.807, 2.05) is 0 Å². The van der Waals surface area contributed by atoms with E-state index < -0.39 is 18.0 Å². The van der Waals surface area contributed by atoms with Crippen LogP contribution in [0.5, 0.6) is 0 Å². The van der Waals surface area contributed by atoms with Crippen molar-refractivity contribution in [3.05, 3.63) is 17.3 Å². The van der Waals surface area contributed by atoms with Crippen LogP contribution in [0.3, 0.4) is 0 Å². The zero-order valence-electron chi connectivity index (χ0n) is 11.6. The SMILES string of the molecule is Cc1nnc(NC(=O)C2CCCN2C=CC(=O)C(F)(F)F)s1. The van der Waals surface area contributed by atoms with Gasteiger partial charge in [-0.15, -0.1) is 10.2 Å². The molecule has 10 heteroatoms. The van der Waals surface area contributed by atoms with Crippen molar-refractivity contribution in [1.29, 1.82) is 0 Å². The molecule has 0 radical (unpaired) electrons. The molecule has 0 aliphatic carbocycles. The molecule has 2 heterocycles. The zero-order chi connectivity index (χ0) is 16.3. The summed E-state index contributed by atoms with van der Waals surface area (Å²) in [5, 5.41) is 11.1. The van der Waals surface area contributed by atoms with Crippen LogP contribution in [0.1, 0.15) is 17.8 Å². The number of anilines is 1. The van der Waals surface area contributed by atoms with Crippen LogP contribution in [0.4, 0.5) is 18.3 Å². The molecule has 1 unspecified atom stereocenters. The third kappa shape index (κ3) is 4.03. The van der Waals surface area contributed by atoms with Gasteiger partial charge in [0.1, 0.15) is 11.0 Å². The second-order valence-corrected chi connectivity index (χ2v) is 5.87. The highest BCUT2D eigenvalue weighted by atomic mass is 32.1. The first-order valence-corrected chi connectivity index (χ1v) is 7.25. The van der Waals surface area contributed by atoms with Crippen molar-refractivity contribution in [1.82, 2.24) is 15.1 Å². The molecule has 0 aromatic carbocycles. The number of allylic oxidation sites excluding steroid dienone is 1. The number of aromatic nitrogens is 2. The standard InChI is InChI=1S/C12H13F3N4O2S/c1-7-17-18-11(22-7)16-10(21)8-3-2-5-19(8)6-4-9(20)12(13,14)15/h4,6,8H,2-3,5H2,1H3,(H,16,18,21). The maximum Gasteiger partial charge on any atom is 0.454 e. The third-order valence-electron chi connectivity index (χ3n) is 3.05. The summed E-state index contributed by atoms with van der Waals surface area (Å²) >= 11 is 1.20. The van der Waals surface area contributed by atoms with Crippen LogP contribution >= 0.6 is 11.3 Å². The summed E-state index contributed by atoms with van der Waals surface area (Å²) in [6, 6.07) is -0.624. The number of ketones is 1. The van der Waals surface area contributed by atoms with Crippen LogP contribution in [0, 0.1) is 6.92 Å². The Hall–Kier alpha value is -1.97.